The van der Waals surface area contributed by atoms with E-state index in [0.717, 1.165) is 31.5 Å². The number of benzene rings is 2. The van der Waals surface area contributed by atoms with Gasteiger partial charge in [-0.1, -0.05) is 17.2 Å². The predicted molar refractivity (Wildman–Crippen MR) is 124 cm³/mol. The first-order valence-corrected chi connectivity index (χ1v) is 10.5. The fourth-order valence-corrected chi connectivity index (χ4v) is 3.75. The lowest BCUT2D eigenvalue weighted by Crippen LogP contribution is -2.27. The lowest BCUT2D eigenvalue weighted by molar-refractivity contribution is -0.112. The number of fused-ring (bicyclic) bond motifs is 1. The Hall–Kier alpha value is -3.23. The van der Waals surface area contributed by atoms with Crippen molar-refractivity contribution in [3.05, 3.63) is 59.1 Å². The lowest BCUT2D eigenvalue weighted by atomic mass is 10.0. The normalized spacial score (nSPS) is 14.3. The molecule has 0 unspecified atom stereocenters. The third kappa shape index (κ3) is 4.98. The van der Waals surface area contributed by atoms with E-state index in [4.69, 9.17) is 16.3 Å². The minimum atomic E-state index is -0.502. The maximum absolute atomic E-state index is 13.5. The van der Waals surface area contributed by atoms with Gasteiger partial charge in [-0.2, -0.15) is 0 Å². The molecule has 0 bridgehead atoms. The summed E-state index contributed by atoms with van der Waals surface area (Å²) >= 11 is 5.89. The summed E-state index contributed by atoms with van der Waals surface area (Å²) in [7, 11) is 3.61. The number of ether oxygens (including phenoxy) is 1. The second kappa shape index (κ2) is 9.50. The van der Waals surface area contributed by atoms with Crippen LogP contribution in [0.2, 0.25) is 5.02 Å². The molecule has 1 saturated heterocycles. The molecule has 1 amide bonds. The van der Waals surface area contributed by atoms with Crippen LogP contribution in [0.5, 0.6) is 5.75 Å². The number of likely N-dealkylation sites (tertiary alicyclic amines) is 1. The monoisotopic (exact) mass is 455 g/mol. The molecule has 9 heteroatoms. The highest BCUT2D eigenvalue weighted by Crippen LogP contribution is 2.33. The van der Waals surface area contributed by atoms with Crippen molar-refractivity contribution in [3.8, 4) is 5.75 Å². The molecule has 4 rings (SSSR count). The highest BCUT2D eigenvalue weighted by atomic mass is 35.5. The van der Waals surface area contributed by atoms with Crippen LogP contribution >= 0.6 is 11.6 Å². The summed E-state index contributed by atoms with van der Waals surface area (Å²) in [5, 5.41) is 6.71. The molecule has 0 saturated carbocycles. The summed E-state index contributed by atoms with van der Waals surface area (Å²) in [6.07, 6.45) is 4.83. The third-order valence-corrected chi connectivity index (χ3v) is 5.65. The van der Waals surface area contributed by atoms with Gasteiger partial charge in [0.05, 0.1) is 23.3 Å². The van der Waals surface area contributed by atoms with Gasteiger partial charge < -0.3 is 20.3 Å². The Morgan fingerprint density at radius 2 is 2.00 bits per heavy atom. The van der Waals surface area contributed by atoms with Crippen molar-refractivity contribution in [1.82, 2.24) is 14.9 Å². The van der Waals surface area contributed by atoms with E-state index in [1.165, 1.54) is 25.6 Å². The van der Waals surface area contributed by atoms with E-state index in [1.807, 2.05) is 0 Å². The van der Waals surface area contributed by atoms with E-state index >= 15 is 0 Å². The van der Waals surface area contributed by atoms with E-state index in [9.17, 15) is 9.18 Å². The second-order valence-corrected chi connectivity index (χ2v) is 8.05. The summed E-state index contributed by atoms with van der Waals surface area (Å²) in [6.45, 7) is 1.89. The molecular weight excluding hydrogens is 433 g/mol. The van der Waals surface area contributed by atoms with Crippen molar-refractivity contribution in [2.24, 2.45) is 0 Å². The van der Waals surface area contributed by atoms with E-state index in [0.29, 0.717) is 33.8 Å². The second-order valence-electron chi connectivity index (χ2n) is 7.64. The zero-order chi connectivity index (χ0) is 22.7. The summed E-state index contributed by atoms with van der Waals surface area (Å²) < 4.78 is 19.0. The number of piperidine rings is 1. The molecule has 1 aliphatic heterocycles. The highest BCUT2D eigenvalue weighted by Gasteiger charge is 2.15. The number of hydrogen-bond donors (Lipinski definition) is 2. The lowest BCUT2D eigenvalue weighted by Gasteiger charge is -2.23. The van der Waals surface area contributed by atoms with Crippen LogP contribution in [-0.2, 0) is 4.79 Å². The molecule has 2 heterocycles. The molecule has 0 atom stereocenters. The van der Waals surface area contributed by atoms with Gasteiger partial charge in [-0.05, 0) is 44.2 Å². The first-order valence-electron chi connectivity index (χ1n) is 10.2. The molecule has 2 aromatic carbocycles. The fraction of sp³-hybridized carbons (Fsp3) is 0.261. The fourth-order valence-electron chi connectivity index (χ4n) is 3.56. The zero-order valence-corrected chi connectivity index (χ0v) is 18.5. The van der Waals surface area contributed by atoms with Gasteiger partial charge >= 0.3 is 0 Å². The molecule has 0 radical (unpaired) electrons. The van der Waals surface area contributed by atoms with Crippen molar-refractivity contribution in [1.29, 1.82) is 0 Å². The number of hydrogen-bond acceptors (Lipinski definition) is 6. The van der Waals surface area contributed by atoms with Crippen LogP contribution in [0.4, 0.5) is 21.6 Å². The smallest absolute Gasteiger partial charge is 0.248 e. The Balaban J connectivity index is 1.63. The van der Waals surface area contributed by atoms with Crippen LogP contribution in [0, 0.1) is 5.82 Å². The number of rotatable bonds is 5. The number of halogens is 2. The van der Waals surface area contributed by atoms with Crippen molar-refractivity contribution in [2.45, 2.75) is 12.8 Å². The molecule has 0 aliphatic carbocycles. The largest absolute Gasteiger partial charge is 0.494 e. The first kappa shape index (κ1) is 22.0. The van der Waals surface area contributed by atoms with Crippen LogP contribution in [-0.4, -0.2) is 48.0 Å². The van der Waals surface area contributed by atoms with Crippen LogP contribution in [0.15, 0.2) is 48.3 Å². The highest BCUT2D eigenvalue weighted by molar-refractivity contribution is 6.31. The number of methoxy groups -OCH3 is 1. The number of anilines is 3. The molecule has 1 fully saturated rings. The number of amides is 1. The SMILES string of the molecule is COc1cc2ncnc(Nc3ccc(F)c(Cl)c3)c2cc1NC(=O)C=C1CCN(C)CC1. The molecule has 7 nitrogen and oxygen atoms in total. The molecule has 1 aliphatic rings. The Morgan fingerprint density at radius 3 is 2.72 bits per heavy atom. The molecule has 3 aromatic rings. The number of carbonyl (C=O) groups excluding carboxylic acids is 1. The Morgan fingerprint density at radius 1 is 1.22 bits per heavy atom. The quantitative estimate of drug-likeness (QED) is 0.540. The summed E-state index contributed by atoms with van der Waals surface area (Å²) in [5.74, 6) is 0.267. The Bertz CT molecular complexity index is 1190. The standard InChI is InChI=1S/C23H23ClFN5O2/c1-30-7-5-14(6-8-30)9-22(31)29-20-11-16-19(12-21(20)32-2)26-13-27-23(16)28-15-3-4-18(25)17(24)10-15/h3-4,9-13H,5-8H2,1-2H3,(H,29,31)(H,26,27,28). The van der Waals surface area contributed by atoms with Crippen molar-refractivity contribution in [2.75, 3.05) is 37.9 Å². The van der Waals surface area contributed by atoms with Gasteiger partial charge in [0.25, 0.3) is 0 Å². The molecule has 2 N–H and O–H groups in total. The predicted octanol–water partition coefficient (Wildman–Crippen LogP) is 4.77. The average molecular weight is 456 g/mol. The van der Waals surface area contributed by atoms with E-state index < -0.39 is 5.82 Å². The van der Waals surface area contributed by atoms with Crippen LogP contribution in [0.1, 0.15) is 12.8 Å². The number of carbonyl (C=O) groups is 1. The van der Waals surface area contributed by atoms with Crippen molar-refractivity contribution < 1.29 is 13.9 Å². The minimum Gasteiger partial charge on any atom is -0.494 e. The molecule has 0 spiro atoms. The minimum absolute atomic E-state index is 0.00456. The van der Waals surface area contributed by atoms with E-state index in [-0.39, 0.29) is 10.9 Å². The van der Waals surface area contributed by atoms with Crippen LogP contribution in [0.3, 0.4) is 0 Å². The van der Waals surface area contributed by atoms with Gasteiger partial charge in [0.15, 0.2) is 0 Å². The maximum atomic E-state index is 13.5. The van der Waals surface area contributed by atoms with Crippen LogP contribution in [0.25, 0.3) is 10.9 Å². The summed E-state index contributed by atoms with van der Waals surface area (Å²) in [5.41, 5.74) is 2.83. The number of nitrogens with one attached hydrogen (secondary N) is 2. The van der Waals surface area contributed by atoms with Gasteiger partial charge in [-0.15, -0.1) is 0 Å². The topological polar surface area (TPSA) is 79.4 Å². The molecular formula is C23H23ClFN5O2. The molecule has 32 heavy (non-hydrogen) atoms. The van der Waals surface area contributed by atoms with E-state index in [1.54, 1.807) is 24.3 Å². The molecule has 166 valence electrons. The Labute approximate surface area is 190 Å². The van der Waals surface area contributed by atoms with Gasteiger partial charge in [0.1, 0.15) is 23.7 Å². The Kier molecular flexibility index (Phi) is 6.53. The van der Waals surface area contributed by atoms with Gasteiger partial charge in [0.2, 0.25) is 5.91 Å². The number of nitrogens with zero attached hydrogens (tertiary/aromatic N) is 3. The number of aromatic nitrogens is 2. The average Bonchev–Trinajstić information content (AvgIpc) is 2.78. The zero-order valence-electron chi connectivity index (χ0n) is 17.8. The molecule has 1 aromatic heterocycles. The van der Waals surface area contributed by atoms with E-state index in [2.05, 4.69) is 32.5 Å². The maximum Gasteiger partial charge on any atom is 0.248 e. The van der Waals surface area contributed by atoms with Gasteiger partial charge in [-0.25, -0.2) is 14.4 Å². The van der Waals surface area contributed by atoms with Gasteiger partial charge in [0, 0.05) is 36.3 Å². The third-order valence-electron chi connectivity index (χ3n) is 5.36. The van der Waals surface area contributed by atoms with Gasteiger partial charge in [-0.3, -0.25) is 4.79 Å². The van der Waals surface area contributed by atoms with Crippen molar-refractivity contribution >= 4 is 45.6 Å². The van der Waals surface area contributed by atoms with Crippen molar-refractivity contribution in [3.63, 3.8) is 0 Å². The summed E-state index contributed by atoms with van der Waals surface area (Å²) in [4.78, 5) is 23.5. The summed E-state index contributed by atoms with van der Waals surface area (Å²) in [6, 6.07) is 7.81. The van der Waals surface area contributed by atoms with Crippen LogP contribution < -0.4 is 15.4 Å². The first-order chi connectivity index (χ1) is 15.4.